The van der Waals surface area contributed by atoms with Gasteiger partial charge in [-0.2, -0.15) is 0 Å². The van der Waals surface area contributed by atoms with Crippen molar-refractivity contribution in [1.82, 2.24) is 19.1 Å². The van der Waals surface area contributed by atoms with Gasteiger partial charge in [0.1, 0.15) is 17.0 Å². The Balaban J connectivity index is 1.16. The second kappa shape index (κ2) is 13.8. The average molecular weight is 789 g/mol. The average Bonchev–Trinajstić information content (AvgIpc) is 4.03. The smallest absolute Gasteiger partial charge is 0.145 e. The van der Waals surface area contributed by atoms with Crippen molar-refractivity contribution in [2.24, 2.45) is 0 Å². The van der Waals surface area contributed by atoms with E-state index >= 15 is 0 Å². The summed E-state index contributed by atoms with van der Waals surface area (Å²) in [4.78, 5) is 10.1. The maximum atomic E-state index is 8.56. The van der Waals surface area contributed by atoms with Crippen molar-refractivity contribution >= 4 is 54.8 Å². The van der Waals surface area contributed by atoms with Gasteiger partial charge in [-0.25, -0.2) is 4.98 Å². The molecule has 0 radical (unpaired) electrons. The molecule has 0 aliphatic carbocycles. The lowest BCUT2D eigenvalue weighted by Crippen LogP contribution is -2.00. The van der Waals surface area contributed by atoms with E-state index in [4.69, 9.17) is 22.6 Å². The zero-order valence-electron chi connectivity index (χ0n) is 38.7. The Hall–Kier alpha value is -8.02. The zero-order chi connectivity index (χ0) is 45.6. The molecule has 0 aliphatic rings. The van der Waals surface area contributed by atoms with E-state index in [2.05, 4.69) is 100 Å². The van der Waals surface area contributed by atoms with Crippen molar-refractivity contribution in [3.8, 4) is 56.3 Å². The molecule has 0 saturated heterocycles. The number of para-hydroxylation sites is 4. The molecule has 61 heavy (non-hydrogen) atoms. The number of pyridine rings is 1. The first kappa shape index (κ1) is 29.2. The summed E-state index contributed by atoms with van der Waals surface area (Å²) in [7, 11) is 0. The lowest BCUT2D eigenvalue weighted by molar-refractivity contribution is 0.670. The quantitative estimate of drug-likeness (QED) is 0.169. The maximum absolute atomic E-state index is 8.56. The SMILES string of the molecule is [2H]C([2H])([2H])c1ccnc(-c2cc(-n3c4ccccc4c4ccc(-c5nc6ccccc6n5-c5ccccc5-c5ccccc5)cc43)cc3c2oc2c(-c4ccccc4)c(C([2H])([2H])[2H])ccc23)c1. The van der Waals surface area contributed by atoms with Crippen LogP contribution in [0, 0.1) is 13.7 Å². The lowest BCUT2D eigenvalue weighted by atomic mass is 9.97. The molecule has 0 spiro atoms. The van der Waals surface area contributed by atoms with Crippen molar-refractivity contribution in [3.63, 3.8) is 0 Å². The molecule has 0 atom stereocenters. The number of nitrogens with zero attached hydrogens (tertiary/aromatic N) is 4. The van der Waals surface area contributed by atoms with E-state index in [0.717, 1.165) is 72.1 Å². The molecule has 0 bridgehead atoms. The van der Waals surface area contributed by atoms with Crippen molar-refractivity contribution in [2.45, 2.75) is 13.7 Å². The summed E-state index contributed by atoms with van der Waals surface area (Å²) in [6.07, 6.45) is 1.51. The van der Waals surface area contributed by atoms with Crippen molar-refractivity contribution < 1.29 is 12.6 Å². The number of furan rings is 1. The van der Waals surface area contributed by atoms with Gasteiger partial charge >= 0.3 is 0 Å². The molecule has 12 aromatic rings. The summed E-state index contributed by atoms with van der Waals surface area (Å²) < 4.78 is 61.9. The predicted molar refractivity (Wildman–Crippen MR) is 252 cm³/mol. The van der Waals surface area contributed by atoms with Crippen molar-refractivity contribution in [3.05, 3.63) is 205 Å². The number of aromatic nitrogens is 4. The maximum Gasteiger partial charge on any atom is 0.145 e. The predicted octanol–water partition coefficient (Wildman–Crippen LogP) is 14.7. The lowest BCUT2D eigenvalue weighted by Gasteiger charge is -2.15. The molecule has 4 aromatic heterocycles. The first-order valence-electron chi connectivity index (χ1n) is 23.2. The largest absolute Gasteiger partial charge is 0.455 e. The third kappa shape index (κ3) is 5.55. The highest BCUT2D eigenvalue weighted by Gasteiger charge is 2.23. The van der Waals surface area contributed by atoms with Gasteiger partial charge in [0.05, 0.1) is 33.4 Å². The van der Waals surface area contributed by atoms with E-state index in [-0.39, 0.29) is 11.1 Å². The normalized spacial score (nSPS) is 13.6. The summed E-state index contributed by atoms with van der Waals surface area (Å²) in [5.41, 5.74) is 11.9. The Morgan fingerprint density at radius 3 is 2.08 bits per heavy atom. The molecule has 8 aromatic carbocycles. The highest BCUT2D eigenvalue weighted by Crippen LogP contribution is 2.44. The van der Waals surface area contributed by atoms with Gasteiger partial charge in [-0.05, 0) is 90.6 Å². The Morgan fingerprint density at radius 2 is 1.23 bits per heavy atom. The van der Waals surface area contributed by atoms with E-state index in [1.807, 2.05) is 78.9 Å². The minimum absolute atomic E-state index is 0.139. The number of rotatable bonds is 6. The number of imidazole rings is 1. The van der Waals surface area contributed by atoms with E-state index in [9.17, 15) is 0 Å². The van der Waals surface area contributed by atoms with E-state index in [1.54, 1.807) is 12.1 Å². The van der Waals surface area contributed by atoms with Crippen molar-refractivity contribution in [2.75, 3.05) is 0 Å². The van der Waals surface area contributed by atoms with Crippen LogP contribution in [0.5, 0.6) is 0 Å². The van der Waals surface area contributed by atoms with Crippen LogP contribution in [0.25, 0.3) is 111 Å². The number of hydrogen-bond acceptors (Lipinski definition) is 3. The van der Waals surface area contributed by atoms with Gasteiger partial charge in [-0.3, -0.25) is 9.55 Å². The van der Waals surface area contributed by atoms with Crippen LogP contribution in [0.4, 0.5) is 0 Å². The monoisotopic (exact) mass is 788 g/mol. The fourth-order valence-electron chi connectivity index (χ4n) is 9.10. The van der Waals surface area contributed by atoms with Crippen LogP contribution in [0.3, 0.4) is 0 Å². The first-order chi connectivity index (χ1) is 32.5. The molecular formula is C56H38N4O. The molecule has 288 valence electrons. The van der Waals surface area contributed by atoms with Crippen LogP contribution < -0.4 is 0 Å². The standard InChI is InChI=1S/C56H38N4O/c1-35-29-30-57-48(31-35)46-34-40(33-45-44-27-25-36(2)53(55(44)61-54(45)46)38-17-7-4-8-18-38)59-50-23-13-10-20-42(50)43-28-26-39(32-52(43)59)56-58-47-21-11-14-24-51(47)60(56)49-22-12-9-19-41(49)37-15-5-3-6-16-37/h3-34H,1-2H3/i1D3,2D3. The minimum atomic E-state index is -2.44. The fourth-order valence-corrected chi connectivity index (χ4v) is 9.10. The molecule has 0 saturated carbocycles. The molecule has 5 nitrogen and oxygen atoms in total. The van der Waals surface area contributed by atoms with Crippen LogP contribution in [0.15, 0.2) is 199 Å². The minimum Gasteiger partial charge on any atom is -0.455 e. The van der Waals surface area contributed by atoms with Gasteiger partial charge in [0.2, 0.25) is 0 Å². The summed E-state index contributed by atoms with van der Waals surface area (Å²) in [6, 6.07) is 61.8. The topological polar surface area (TPSA) is 48.8 Å². The fraction of sp³-hybridized carbons (Fsp3) is 0.0357. The van der Waals surface area contributed by atoms with Gasteiger partial charge in [0.25, 0.3) is 0 Å². The highest BCUT2D eigenvalue weighted by molar-refractivity contribution is 6.15. The molecule has 12 rings (SSSR count). The van der Waals surface area contributed by atoms with Gasteiger partial charge in [-0.1, -0.05) is 133 Å². The third-order valence-electron chi connectivity index (χ3n) is 11.8. The van der Waals surface area contributed by atoms with Crippen LogP contribution in [0.2, 0.25) is 0 Å². The van der Waals surface area contributed by atoms with E-state index in [0.29, 0.717) is 38.9 Å². The van der Waals surface area contributed by atoms with E-state index < -0.39 is 13.7 Å². The second-order valence-corrected chi connectivity index (χ2v) is 15.4. The Morgan fingerprint density at radius 1 is 0.492 bits per heavy atom. The van der Waals surface area contributed by atoms with Gasteiger partial charge in [0, 0.05) is 63.9 Å². The second-order valence-electron chi connectivity index (χ2n) is 15.4. The molecular weight excluding hydrogens is 745 g/mol. The number of hydrogen-bond donors (Lipinski definition) is 0. The summed E-state index contributed by atoms with van der Waals surface area (Å²) >= 11 is 0. The molecule has 0 unspecified atom stereocenters. The Labute approximate surface area is 360 Å². The zero-order valence-corrected chi connectivity index (χ0v) is 32.7. The van der Waals surface area contributed by atoms with Crippen molar-refractivity contribution in [1.29, 1.82) is 0 Å². The number of benzene rings is 8. The summed E-state index contributed by atoms with van der Waals surface area (Å²) in [5, 5.41) is 3.51. The van der Waals surface area contributed by atoms with Gasteiger partial charge in [-0.15, -0.1) is 0 Å². The highest BCUT2D eigenvalue weighted by atomic mass is 16.3. The van der Waals surface area contributed by atoms with Gasteiger partial charge < -0.3 is 8.98 Å². The molecule has 0 fully saturated rings. The number of fused-ring (bicyclic) bond motifs is 7. The van der Waals surface area contributed by atoms with Crippen LogP contribution >= 0.6 is 0 Å². The van der Waals surface area contributed by atoms with Crippen LogP contribution in [-0.2, 0) is 0 Å². The molecule has 0 aliphatic heterocycles. The van der Waals surface area contributed by atoms with E-state index in [1.165, 1.54) is 12.3 Å². The molecule has 4 heterocycles. The first-order valence-corrected chi connectivity index (χ1v) is 20.2. The number of aryl methyl sites for hydroxylation is 2. The summed E-state index contributed by atoms with van der Waals surface area (Å²) in [6.45, 7) is -4.83. The molecule has 0 N–H and O–H groups in total. The Kier molecular flexibility index (Phi) is 6.61. The van der Waals surface area contributed by atoms with Crippen LogP contribution in [-0.4, -0.2) is 19.1 Å². The molecule has 0 amide bonds. The summed E-state index contributed by atoms with van der Waals surface area (Å²) in [5.74, 6) is 0.782. The Bertz CT molecular complexity index is 3900. The third-order valence-corrected chi connectivity index (χ3v) is 11.8. The van der Waals surface area contributed by atoms with Crippen LogP contribution in [0.1, 0.15) is 19.4 Å². The molecule has 5 heteroatoms. The van der Waals surface area contributed by atoms with Gasteiger partial charge in [0.15, 0.2) is 0 Å².